The predicted molar refractivity (Wildman–Crippen MR) is 53.9 cm³/mol. The van der Waals surface area contributed by atoms with Crippen LogP contribution in [0, 0.1) is 5.92 Å². The highest BCUT2D eigenvalue weighted by molar-refractivity contribution is 6.32. The maximum absolute atomic E-state index is 11.1. The fraction of sp³-hybridized carbons (Fsp3) is 0.818. The Morgan fingerprint density at radius 3 is 2.25 bits per heavy atom. The molecule has 0 bridgehead atoms. The maximum Gasteiger partial charge on any atom is 0.372 e. The molecule has 0 aromatic heterocycles. The summed E-state index contributed by atoms with van der Waals surface area (Å²) in [6, 6.07) is 0. The van der Waals surface area contributed by atoms with Gasteiger partial charge in [0, 0.05) is 19.3 Å². The topological polar surface area (TPSA) is 72.8 Å². The summed E-state index contributed by atoms with van der Waals surface area (Å²) >= 11 is 0. The molecule has 0 aromatic rings. The summed E-state index contributed by atoms with van der Waals surface area (Å²) < 4.78 is 11.1. The molecule has 5 nitrogen and oxygen atoms in total. The minimum Gasteiger partial charge on any atom is -0.476 e. The molecule has 1 heterocycles. The second-order valence-electron chi connectivity index (χ2n) is 4.48. The van der Waals surface area contributed by atoms with Crippen molar-refractivity contribution in [1.29, 1.82) is 0 Å². The Morgan fingerprint density at radius 1 is 1.19 bits per heavy atom. The van der Waals surface area contributed by atoms with Crippen molar-refractivity contribution in [3.8, 4) is 0 Å². The Bertz CT molecular complexity index is 283. The van der Waals surface area contributed by atoms with Crippen LogP contribution in [0.3, 0.4) is 0 Å². The molecule has 1 N–H and O–H groups in total. The van der Waals surface area contributed by atoms with Crippen LogP contribution in [0.25, 0.3) is 0 Å². The number of carboxylic acids is 1. The third kappa shape index (κ3) is 2.41. The van der Waals surface area contributed by atoms with Crippen LogP contribution in [-0.2, 0) is 19.1 Å². The van der Waals surface area contributed by atoms with Gasteiger partial charge in [0.05, 0.1) is 13.2 Å². The lowest BCUT2D eigenvalue weighted by atomic mass is 9.82. The van der Waals surface area contributed by atoms with Gasteiger partial charge in [-0.05, 0) is 18.8 Å². The highest BCUT2D eigenvalue weighted by atomic mass is 16.7. The summed E-state index contributed by atoms with van der Waals surface area (Å²) in [5, 5.41) is 8.52. The van der Waals surface area contributed by atoms with Crippen molar-refractivity contribution in [3.05, 3.63) is 0 Å². The summed E-state index contributed by atoms with van der Waals surface area (Å²) in [6.45, 7) is 1.28. The van der Waals surface area contributed by atoms with Crippen molar-refractivity contribution in [2.24, 2.45) is 5.92 Å². The van der Waals surface area contributed by atoms with Crippen molar-refractivity contribution in [3.63, 3.8) is 0 Å². The smallest absolute Gasteiger partial charge is 0.372 e. The van der Waals surface area contributed by atoms with Gasteiger partial charge in [0.15, 0.2) is 5.79 Å². The first kappa shape index (κ1) is 11.5. The van der Waals surface area contributed by atoms with Gasteiger partial charge in [-0.25, -0.2) is 4.79 Å². The van der Waals surface area contributed by atoms with E-state index >= 15 is 0 Å². The Balaban J connectivity index is 1.81. The molecule has 1 saturated heterocycles. The summed E-state index contributed by atoms with van der Waals surface area (Å²) in [5.74, 6) is -2.27. The van der Waals surface area contributed by atoms with Crippen molar-refractivity contribution < 1.29 is 24.2 Å². The largest absolute Gasteiger partial charge is 0.476 e. The molecule has 0 atom stereocenters. The zero-order valence-electron chi connectivity index (χ0n) is 9.11. The fourth-order valence-electron chi connectivity index (χ4n) is 2.46. The number of ketones is 1. The van der Waals surface area contributed by atoms with Gasteiger partial charge >= 0.3 is 5.97 Å². The quantitative estimate of drug-likeness (QED) is 0.728. The highest BCUT2D eigenvalue weighted by Crippen LogP contribution is 2.39. The van der Waals surface area contributed by atoms with Crippen LogP contribution in [0.1, 0.15) is 32.1 Å². The molecule has 5 heteroatoms. The van der Waals surface area contributed by atoms with Gasteiger partial charge in [-0.15, -0.1) is 0 Å². The third-order valence-electron chi connectivity index (χ3n) is 3.39. The van der Waals surface area contributed by atoms with E-state index in [1.165, 1.54) is 0 Å². The van der Waals surface area contributed by atoms with Gasteiger partial charge in [0.1, 0.15) is 0 Å². The molecular formula is C11H16O5. The molecule has 2 rings (SSSR count). The zero-order chi connectivity index (χ0) is 11.6. The van der Waals surface area contributed by atoms with E-state index in [4.69, 9.17) is 14.6 Å². The van der Waals surface area contributed by atoms with Crippen molar-refractivity contribution >= 4 is 11.8 Å². The van der Waals surface area contributed by atoms with Crippen LogP contribution >= 0.6 is 0 Å². The summed E-state index contributed by atoms with van der Waals surface area (Å²) in [6.07, 6.45) is 3.29. The van der Waals surface area contributed by atoms with E-state index in [2.05, 4.69) is 0 Å². The van der Waals surface area contributed by atoms with Gasteiger partial charge in [0.25, 0.3) is 0 Å². The van der Waals surface area contributed by atoms with E-state index in [9.17, 15) is 9.59 Å². The number of carboxylic acid groups (broad SMARTS) is 1. The number of hydrogen-bond donors (Lipinski definition) is 1. The molecule has 0 radical (unpaired) electrons. The lowest BCUT2D eigenvalue weighted by Gasteiger charge is -2.34. The monoisotopic (exact) mass is 228 g/mol. The minimum absolute atomic E-state index is 0.144. The fourth-order valence-corrected chi connectivity index (χ4v) is 2.46. The van der Waals surface area contributed by atoms with Crippen LogP contribution in [0.2, 0.25) is 0 Å². The van der Waals surface area contributed by atoms with Gasteiger partial charge in [0.2, 0.25) is 5.78 Å². The lowest BCUT2D eigenvalue weighted by molar-refractivity contribution is -0.183. The number of carbonyl (C=O) groups is 2. The molecule has 1 spiro atoms. The van der Waals surface area contributed by atoms with Crippen LogP contribution in [0.4, 0.5) is 0 Å². The second kappa shape index (κ2) is 4.51. The molecular weight excluding hydrogens is 212 g/mol. The van der Waals surface area contributed by atoms with Crippen molar-refractivity contribution in [1.82, 2.24) is 0 Å². The van der Waals surface area contributed by atoms with Gasteiger partial charge in [-0.2, -0.15) is 0 Å². The SMILES string of the molecule is O=C(O)C(=O)CC1CCC2(CC1)OCCO2. The third-order valence-corrected chi connectivity index (χ3v) is 3.39. The highest BCUT2D eigenvalue weighted by Gasteiger charge is 2.40. The molecule has 1 aliphatic carbocycles. The standard InChI is InChI=1S/C11H16O5/c12-9(10(13)14)7-8-1-3-11(4-2-8)15-5-6-16-11/h8H,1-7H2,(H,13,14). The zero-order valence-corrected chi connectivity index (χ0v) is 9.11. The summed E-state index contributed by atoms with van der Waals surface area (Å²) in [5.41, 5.74) is 0. The van der Waals surface area contributed by atoms with E-state index < -0.39 is 17.5 Å². The van der Waals surface area contributed by atoms with Gasteiger partial charge < -0.3 is 14.6 Å². The van der Waals surface area contributed by atoms with Crippen molar-refractivity contribution in [2.45, 2.75) is 37.9 Å². The Labute approximate surface area is 93.7 Å². The van der Waals surface area contributed by atoms with E-state index in [0.29, 0.717) is 13.2 Å². The van der Waals surface area contributed by atoms with Crippen LogP contribution < -0.4 is 0 Å². The van der Waals surface area contributed by atoms with E-state index in [1.807, 2.05) is 0 Å². The van der Waals surface area contributed by atoms with Crippen LogP contribution in [0.5, 0.6) is 0 Å². The van der Waals surface area contributed by atoms with Crippen LogP contribution in [0.15, 0.2) is 0 Å². The average molecular weight is 228 g/mol. The molecule has 0 aromatic carbocycles. The minimum atomic E-state index is -1.33. The average Bonchev–Trinajstić information content (AvgIpc) is 2.70. The van der Waals surface area contributed by atoms with Gasteiger partial charge in [-0.1, -0.05) is 0 Å². The molecule has 2 aliphatic rings. The number of carbonyl (C=O) groups excluding carboxylic acids is 1. The number of hydrogen-bond acceptors (Lipinski definition) is 4. The summed E-state index contributed by atoms with van der Waals surface area (Å²) in [4.78, 5) is 21.5. The molecule has 2 fully saturated rings. The molecule has 1 aliphatic heterocycles. The molecule has 90 valence electrons. The first-order valence-electron chi connectivity index (χ1n) is 5.65. The van der Waals surface area contributed by atoms with E-state index in [0.717, 1.165) is 25.7 Å². The molecule has 0 amide bonds. The predicted octanol–water partition coefficient (Wildman–Crippen LogP) is 0.963. The van der Waals surface area contributed by atoms with Gasteiger partial charge in [-0.3, -0.25) is 4.79 Å². The maximum atomic E-state index is 11.1. The second-order valence-corrected chi connectivity index (χ2v) is 4.48. The van der Waals surface area contributed by atoms with E-state index in [1.54, 1.807) is 0 Å². The molecule has 1 saturated carbocycles. The number of ether oxygens (including phenoxy) is 2. The van der Waals surface area contributed by atoms with E-state index in [-0.39, 0.29) is 12.3 Å². The molecule has 0 unspecified atom stereocenters. The number of Topliss-reactive ketones (excluding diaryl/α,β-unsaturated/α-hetero) is 1. The lowest BCUT2D eigenvalue weighted by Crippen LogP contribution is -2.36. The Kier molecular flexibility index (Phi) is 3.25. The number of rotatable bonds is 3. The first-order chi connectivity index (χ1) is 7.61. The molecule has 16 heavy (non-hydrogen) atoms. The first-order valence-corrected chi connectivity index (χ1v) is 5.65. The van der Waals surface area contributed by atoms with Crippen molar-refractivity contribution in [2.75, 3.05) is 13.2 Å². The van der Waals surface area contributed by atoms with Crippen LogP contribution in [-0.4, -0.2) is 35.9 Å². The normalized spacial score (nSPS) is 24.8. The number of aliphatic carboxylic acids is 1. The summed E-state index contributed by atoms with van der Waals surface area (Å²) in [7, 11) is 0. The Hall–Kier alpha value is -0.940. The Morgan fingerprint density at radius 2 is 1.75 bits per heavy atom.